The average Bonchev–Trinajstić information content (AvgIpc) is 3.23. The molecule has 1 saturated carbocycles. The minimum absolute atomic E-state index is 0. The second-order valence-corrected chi connectivity index (χ2v) is 7.62. The minimum Gasteiger partial charge on any atom is -0.490 e. The summed E-state index contributed by atoms with van der Waals surface area (Å²) in [4.78, 5) is 13.3. The van der Waals surface area contributed by atoms with Gasteiger partial charge in [-0.15, -0.1) is 12.4 Å². The molecule has 0 aromatic heterocycles. The van der Waals surface area contributed by atoms with Gasteiger partial charge in [-0.2, -0.15) is 5.26 Å². The highest BCUT2D eigenvalue weighted by atomic mass is 35.5. The maximum Gasteiger partial charge on any atom is 0.257 e. The van der Waals surface area contributed by atoms with E-state index in [1.807, 2.05) is 30.0 Å². The Morgan fingerprint density at radius 1 is 1.31 bits per heavy atom. The molecule has 1 aromatic carbocycles. The number of hydrogen-bond donors (Lipinski definition) is 2. The van der Waals surface area contributed by atoms with Gasteiger partial charge < -0.3 is 9.47 Å². The SMILES string of the molecule is CCOc1ccc(C2(C#N)CCN(CC(=O)NO)CC2)cc1OC1CCCC1.Cl. The predicted octanol–water partition coefficient (Wildman–Crippen LogP) is 3.19. The van der Waals surface area contributed by atoms with Gasteiger partial charge in [0.1, 0.15) is 0 Å². The Morgan fingerprint density at radius 3 is 2.59 bits per heavy atom. The monoisotopic (exact) mass is 423 g/mol. The van der Waals surface area contributed by atoms with Crippen LogP contribution in [0.2, 0.25) is 0 Å². The molecule has 2 N–H and O–H groups in total. The van der Waals surface area contributed by atoms with E-state index < -0.39 is 11.3 Å². The number of carbonyl (C=O) groups is 1. The Morgan fingerprint density at radius 2 is 2.00 bits per heavy atom. The van der Waals surface area contributed by atoms with Gasteiger partial charge in [0, 0.05) is 13.1 Å². The zero-order valence-corrected chi connectivity index (χ0v) is 17.7. The van der Waals surface area contributed by atoms with Gasteiger partial charge in [-0.05, 0) is 63.1 Å². The van der Waals surface area contributed by atoms with Crippen molar-refractivity contribution in [2.75, 3.05) is 26.2 Å². The summed E-state index contributed by atoms with van der Waals surface area (Å²) in [6, 6.07) is 8.37. The van der Waals surface area contributed by atoms with Crippen LogP contribution in [-0.2, 0) is 10.2 Å². The summed E-state index contributed by atoms with van der Waals surface area (Å²) in [5, 5.41) is 18.7. The van der Waals surface area contributed by atoms with Crippen LogP contribution in [0.25, 0.3) is 0 Å². The van der Waals surface area contributed by atoms with E-state index in [4.69, 9.17) is 14.7 Å². The molecule has 1 amide bonds. The maximum absolute atomic E-state index is 11.4. The standard InChI is InChI=1S/C21H29N3O4.ClH/c1-2-27-18-8-7-16(13-19(18)28-17-5-3-4-6-17)21(15-22)9-11-24(12-10-21)14-20(25)23-26;/h7-8,13,17,26H,2-6,9-12,14H2,1H3,(H,23,25);1H. The molecular formula is C21H30ClN3O4. The van der Waals surface area contributed by atoms with Gasteiger partial charge in [0.25, 0.3) is 5.91 Å². The molecule has 1 aliphatic heterocycles. The van der Waals surface area contributed by atoms with Crippen LogP contribution < -0.4 is 15.0 Å². The minimum atomic E-state index is -0.606. The van der Waals surface area contributed by atoms with Gasteiger partial charge in [0.05, 0.1) is 30.7 Å². The summed E-state index contributed by atoms with van der Waals surface area (Å²) in [5.74, 6) is 1.02. The van der Waals surface area contributed by atoms with Crippen molar-refractivity contribution in [2.45, 2.75) is 57.0 Å². The molecule has 8 heteroatoms. The highest BCUT2D eigenvalue weighted by molar-refractivity contribution is 5.85. The highest BCUT2D eigenvalue weighted by Crippen LogP contribution is 2.40. The number of carbonyl (C=O) groups excluding carboxylic acids is 1. The van der Waals surface area contributed by atoms with E-state index in [0.29, 0.717) is 32.5 Å². The Balaban J connectivity index is 0.00000300. The molecule has 1 aliphatic carbocycles. The quantitative estimate of drug-likeness (QED) is 0.516. The summed E-state index contributed by atoms with van der Waals surface area (Å²) < 4.78 is 12.0. The number of ether oxygens (including phenoxy) is 2. The van der Waals surface area contributed by atoms with E-state index in [-0.39, 0.29) is 25.1 Å². The number of amides is 1. The van der Waals surface area contributed by atoms with Crippen LogP contribution in [-0.4, -0.2) is 48.4 Å². The third kappa shape index (κ3) is 5.53. The van der Waals surface area contributed by atoms with Crippen LogP contribution in [0.5, 0.6) is 11.5 Å². The molecule has 29 heavy (non-hydrogen) atoms. The molecule has 160 valence electrons. The van der Waals surface area contributed by atoms with Crippen LogP contribution in [0, 0.1) is 11.3 Å². The van der Waals surface area contributed by atoms with Crippen molar-refractivity contribution in [3.63, 3.8) is 0 Å². The molecule has 2 aliphatic rings. The van der Waals surface area contributed by atoms with E-state index >= 15 is 0 Å². The first-order valence-electron chi connectivity index (χ1n) is 10.1. The molecule has 0 atom stereocenters. The molecule has 0 spiro atoms. The second kappa shape index (κ2) is 10.7. The highest BCUT2D eigenvalue weighted by Gasteiger charge is 2.37. The molecule has 1 saturated heterocycles. The first-order valence-corrected chi connectivity index (χ1v) is 10.1. The molecule has 0 unspecified atom stereocenters. The van der Waals surface area contributed by atoms with E-state index in [0.717, 1.165) is 29.9 Å². The molecule has 3 rings (SSSR count). The third-order valence-corrected chi connectivity index (χ3v) is 5.81. The number of nitrogens with one attached hydrogen (secondary N) is 1. The summed E-state index contributed by atoms with van der Waals surface area (Å²) >= 11 is 0. The first kappa shape index (κ1) is 23.3. The lowest BCUT2D eigenvalue weighted by atomic mass is 9.74. The van der Waals surface area contributed by atoms with Crippen molar-refractivity contribution in [1.82, 2.24) is 10.4 Å². The smallest absolute Gasteiger partial charge is 0.257 e. The lowest BCUT2D eigenvalue weighted by Gasteiger charge is -2.37. The van der Waals surface area contributed by atoms with Crippen molar-refractivity contribution < 1.29 is 19.5 Å². The summed E-state index contributed by atoms with van der Waals surface area (Å²) in [6.07, 6.45) is 5.95. The number of rotatable bonds is 7. The molecule has 0 bridgehead atoms. The van der Waals surface area contributed by atoms with Crippen LogP contribution in [0.1, 0.15) is 51.0 Å². The van der Waals surface area contributed by atoms with Crippen LogP contribution >= 0.6 is 12.4 Å². The number of hydrogen-bond acceptors (Lipinski definition) is 6. The molecule has 7 nitrogen and oxygen atoms in total. The van der Waals surface area contributed by atoms with Crippen LogP contribution in [0.4, 0.5) is 0 Å². The van der Waals surface area contributed by atoms with E-state index in [1.165, 1.54) is 12.8 Å². The van der Waals surface area contributed by atoms with Gasteiger partial charge in [0.2, 0.25) is 0 Å². The number of piperidine rings is 1. The second-order valence-electron chi connectivity index (χ2n) is 7.62. The van der Waals surface area contributed by atoms with E-state index in [9.17, 15) is 10.1 Å². The Labute approximate surface area is 178 Å². The van der Waals surface area contributed by atoms with Crippen molar-refractivity contribution >= 4 is 18.3 Å². The van der Waals surface area contributed by atoms with Crippen molar-refractivity contribution in [2.24, 2.45) is 0 Å². The number of nitriles is 1. The van der Waals surface area contributed by atoms with Crippen molar-refractivity contribution in [3.05, 3.63) is 23.8 Å². The Kier molecular flexibility index (Phi) is 8.57. The first-order chi connectivity index (χ1) is 13.6. The number of hydroxylamine groups is 1. The van der Waals surface area contributed by atoms with Crippen molar-refractivity contribution in [3.8, 4) is 17.6 Å². The number of nitrogens with zero attached hydrogens (tertiary/aromatic N) is 2. The fourth-order valence-electron chi connectivity index (χ4n) is 4.15. The zero-order chi connectivity index (χ0) is 20.0. The predicted molar refractivity (Wildman–Crippen MR) is 111 cm³/mol. The number of likely N-dealkylation sites (tertiary alicyclic amines) is 1. The van der Waals surface area contributed by atoms with E-state index in [2.05, 4.69) is 6.07 Å². The summed E-state index contributed by atoms with van der Waals surface area (Å²) in [5.41, 5.74) is 2.00. The number of halogens is 1. The Bertz CT molecular complexity index is 723. The van der Waals surface area contributed by atoms with Crippen LogP contribution in [0.3, 0.4) is 0 Å². The maximum atomic E-state index is 11.4. The number of benzene rings is 1. The average molecular weight is 424 g/mol. The Hall–Kier alpha value is -2.01. The molecule has 1 heterocycles. The molecular weight excluding hydrogens is 394 g/mol. The van der Waals surface area contributed by atoms with Gasteiger partial charge in [-0.25, -0.2) is 5.48 Å². The zero-order valence-electron chi connectivity index (χ0n) is 16.9. The normalized spacial score (nSPS) is 19.1. The summed E-state index contributed by atoms with van der Waals surface area (Å²) in [7, 11) is 0. The lowest BCUT2D eigenvalue weighted by molar-refractivity contribution is -0.130. The van der Waals surface area contributed by atoms with Crippen molar-refractivity contribution in [1.29, 1.82) is 5.26 Å². The molecule has 2 fully saturated rings. The summed E-state index contributed by atoms with van der Waals surface area (Å²) in [6.45, 7) is 3.88. The fraction of sp³-hybridized carbons (Fsp3) is 0.619. The fourth-order valence-corrected chi connectivity index (χ4v) is 4.15. The van der Waals surface area contributed by atoms with Gasteiger partial charge >= 0.3 is 0 Å². The van der Waals surface area contributed by atoms with Gasteiger partial charge in [0.15, 0.2) is 11.5 Å². The molecule has 0 radical (unpaired) electrons. The largest absolute Gasteiger partial charge is 0.490 e. The third-order valence-electron chi connectivity index (χ3n) is 5.81. The molecule has 1 aromatic rings. The van der Waals surface area contributed by atoms with E-state index in [1.54, 1.807) is 5.48 Å². The lowest BCUT2D eigenvalue weighted by Crippen LogP contribution is -2.45. The topological polar surface area (TPSA) is 94.8 Å². The van der Waals surface area contributed by atoms with Gasteiger partial charge in [-0.1, -0.05) is 6.07 Å². The van der Waals surface area contributed by atoms with Crippen LogP contribution in [0.15, 0.2) is 18.2 Å². The van der Waals surface area contributed by atoms with Gasteiger partial charge in [-0.3, -0.25) is 14.9 Å².